The summed E-state index contributed by atoms with van der Waals surface area (Å²) >= 11 is 3.05. The van der Waals surface area contributed by atoms with Gasteiger partial charge in [-0.2, -0.15) is 0 Å². The van der Waals surface area contributed by atoms with Gasteiger partial charge in [-0.15, -0.1) is 23.5 Å². The van der Waals surface area contributed by atoms with Crippen molar-refractivity contribution in [2.75, 3.05) is 31.3 Å². The Morgan fingerprint density at radius 2 is 1.61 bits per heavy atom. The number of aryl methyl sites for hydroxylation is 1. The van der Waals surface area contributed by atoms with Gasteiger partial charge in [0.05, 0.1) is 19.8 Å². The van der Waals surface area contributed by atoms with Gasteiger partial charge in [-0.25, -0.2) is 9.18 Å². The molecule has 3 N–H and O–H groups in total. The number of ether oxygens (including phenoxy) is 1. The quantitative estimate of drug-likeness (QED) is 0.274. The number of aliphatic hydroxyl groups excluding tert-OH is 2. The van der Waals surface area contributed by atoms with Gasteiger partial charge in [0.15, 0.2) is 0 Å². The van der Waals surface area contributed by atoms with E-state index in [1.165, 1.54) is 35.7 Å². The molecule has 0 heterocycles. The lowest BCUT2D eigenvalue weighted by Gasteiger charge is -2.18. The van der Waals surface area contributed by atoms with Crippen molar-refractivity contribution in [1.29, 1.82) is 0 Å². The van der Waals surface area contributed by atoms with E-state index in [-0.39, 0.29) is 44.4 Å². The largest absolute Gasteiger partial charge is 0.464 e. The number of thioether (sulfide) groups is 2. The molecule has 0 aliphatic rings. The summed E-state index contributed by atoms with van der Waals surface area (Å²) in [5.41, 5.74) is 1.67. The molecule has 0 aliphatic carbocycles. The Morgan fingerprint density at radius 3 is 2.15 bits per heavy atom. The second-order valence-corrected chi connectivity index (χ2v) is 9.50. The maximum Gasteiger partial charge on any atom is 0.328 e. The van der Waals surface area contributed by atoms with Crippen molar-refractivity contribution >= 4 is 35.4 Å². The first-order valence-corrected chi connectivity index (χ1v) is 12.7. The second-order valence-electron chi connectivity index (χ2n) is 7.16. The van der Waals surface area contributed by atoms with Crippen molar-refractivity contribution in [2.24, 2.45) is 0 Å². The normalized spacial score (nSPS) is 11.8. The van der Waals surface area contributed by atoms with Crippen molar-refractivity contribution in [3.63, 3.8) is 0 Å². The molecule has 1 atom stereocenters. The lowest BCUT2D eigenvalue weighted by atomic mass is 10.0. The van der Waals surface area contributed by atoms with E-state index in [0.717, 1.165) is 15.4 Å². The summed E-state index contributed by atoms with van der Waals surface area (Å²) < 4.78 is 18.3. The van der Waals surface area contributed by atoms with Gasteiger partial charge in [-0.3, -0.25) is 4.79 Å². The Balaban J connectivity index is 2.03. The number of benzene rings is 2. The van der Waals surface area contributed by atoms with Gasteiger partial charge in [-0.05, 0) is 54.8 Å². The number of esters is 1. The molecule has 0 aliphatic heterocycles. The Bertz CT molecular complexity index is 869. The van der Waals surface area contributed by atoms with E-state index < -0.39 is 12.0 Å². The molecule has 2 aromatic carbocycles. The van der Waals surface area contributed by atoms with Gasteiger partial charge in [0.25, 0.3) is 0 Å². The van der Waals surface area contributed by atoms with E-state index in [1.807, 2.05) is 18.2 Å². The van der Waals surface area contributed by atoms with Crippen LogP contribution in [0, 0.1) is 5.82 Å². The Hall–Kier alpha value is -2.07. The van der Waals surface area contributed by atoms with Crippen LogP contribution in [0.3, 0.4) is 0 Å². The number of nitrogens with one attached hydrogen (secondary N) is 1. The molecule has 0 saturated carbocycles. The van der Waals surface area contributed by atoms with Crippen molar-refractivity contribution in [3.8, 4) is 0 Å². The number of amides is 1. The predicted molar refractivity (Wildman–Crippen MR) is 129 cm³/mol. The monoisotopic (exact) mass is 495 g/mol. The highest BCUT2D eigenvalue weighted by Crippen LogP contribution is 2.27. The zero-order chi connectivity index (χ0) is 24.1. The maximum atomic E-state index is 13.2. The minimum Gasteiger partial charge on any atom is -0.464 e. The van der Waals surface area contributed by atoms with Crippen LogP contribution in [0.15, 0.2) is 52.3 Å². The van der Waals surface area contributed by atoms with Crippen LogP contribution in [0.2, 0.25) is 0 Å². The summed E-state index contributed by atoms with van der Waals surface area (Å²) in [5.74, 6) is -0.0445. The molecule has 0 aromatic heterocycles. The molecule has 9 heteroatoms. The number of hydrogen-bond acceptors (Lipinski definition) is 7. The fourth-order valence-corrected chi connectivity index (χ4v) is 4.70. The highest BCUT2D eigenvalue weighted by molar-refractivity contribution is 8.00. The third-order valence-corrected chi connectivity index (χ3v) is 6.47. The van der Waals surface area contributed by atoms with Gasteiger partial charge < -0.3 is 20.3 Å². The molecule has 1 amide bonds. The van der Waals surface area contributed by atoms with Crippen LogP contribution in [-0.2, 0) is 27.2 Å². The number of aliphatic hydroxyl groups is 2. The van der Waals surface area contributed by atoms with Gasteiger partial charge in [0.2, 0.25) is 5.91 Å². The van der Waals surface area contributed by atoms with Crippen LogP contribution >= 0.6 is 23.5 Å². The summed E-state index contributed by atoms with van der Waals surface area (Å²) in [4.78, 5) is 27.0. The smallest absolute Gasteiger partial charge is 0.328 e. The minimum absolute atomic E-state index is 0.0692. The Kier molecular flexibility index (Phi) is 12.3. The number of rotatable bonds is 14. The molecule has 2 aromatic rings. The first-order valence-electron chi connectivity index (χ1n) is 10.8. The van der Waals surface area contributed by atoms with E-state index in [2.05, 4.69) is 5.32 Å². The minimum atomic E-state index is -0.856. The molecule has 0 fully saturated rings. The Labute approximate surface area is 202 Å². The molecule has 2 rings (SSSR count). The van der Waals surface area contributed by atoms with Crippen molar-refractivity contribution in [1.82, 2.24) is 5.32 Å². The summed E-state index contributed by atoms with van der Waals surface area (Å²) in [6, 6.07) is 10.9. The third kappa shape index (κ3) is 10.2. The number of carbonyl (C=O) groups excluding carboxylic acids is 2. The highest BCUT2D eigenvalue weighted by Gasteiger charge is 2.22. The third-order valence-electron chi connectivity index (χ3n) is 4.56. The first kappa shape index (κ1) is 27.2. The van der Waals surface area contributed by atoms with Crippen LogP contribution < -0.4 is 5.32 Å². The molecule has 180 valence electrons. The number of carbonyl (C=O) groups is 2. The lowest BCUT2D eigenvalue weighted by molar-refractivity contribution is -0.147. The van der Waals surface area contributed by atoms with E-state index in [0.29, 0.717) is 23.5 Å². The average Bonchev–Trinajstić information content (AvgIpc) is 2.81. The van der Waals surface area contributed by atoms with Crippen molar-refractivity contribution in [3.05, 3.63) is 59.4 Å². The zero-order valence-electron chi connectivity index (χ0n) is 18.6. The van der Waals surface area contributed by atoms with Crippen LogP contribution in [-0.4, -0.2) is 59.5 Å². The van der Waals surface area contributed by atoms with Crippen molar-refractivity contribution < 1.29 is 28.9 Å². The summed E-state index contributed by atoms with van der Waals surface area (Å²) in [7, 11) is 0. The van der Waals surface area contributed by atoms with Crippen LogP contribution in [0.4, 0.5) is 4.39 Å². The standard InChI is InChI=1S/C24H30FNO5S2/c1-2-31-24(30)22(15-17-3-6-19(25)7-4-17)26-23(29)8-5-18-13-20(32-11-9-27)16-21(14-18)33-12-10-28/h3-4,6-7,13-14,16,22,27-28H,2,5,8-12,15H2,1H3,(H,26,29)/t22-/m0/s1. The van der Waals surface area contributed by atoms with Gasteiger partial charge in [0.1, 0.15) is 11.9 Å². The summed E-state index contributed by atoms with van der Waals surface area (Å²) in [6.45, 7) is 2.03. The molecule has 6 nitrogen and oxygen atoms in total. The molecule has 33 heavy (non-hydrogen) atoms. The molecule has 0 spiro atoms. The fraction of sp³-hybridized carbons (Fsp3) is 0.417. The summed E-state index contributed by atoms with van der Waals surface area (Å²) in [6.07, 6.45) is 0.857. The van der Waals surface area contributed by atoms with Crippen molar-refractivity contribution in [2.45, 2.75) is 42.0 Å². The molecule has 0 saturated heterocycles. The second kappa shape index (κ2) is 15.0. The first-order chi connectivity index (χ1) is 15.9. The van der Waals surface area contributed by atoms with Gasteiger partial charge >= 0.3 is 5.97 Å². The lowest BCUT2D eigenvalue weighted by Crippen LogP contribution is -2.43. The molecule has 0 radical (unpaired) electrons. The predicted octanol–water partition coefficient (Wildman–Crippen LogP) is 3.22. The Morgan fingerprint density at radius 1 is 1.00 bits per heavy atom. The van der Waals surface area contributed by atoms with Gasteiger partial charge in [-0.1, -0.05) is 12.1 Å². The SMILES string of the molecule is CCOC(=O)[C@H](Cc1ccc(F)cc1)NC(=O)CCc1cc(SCCO)cc(SCCO)c1. The van der Waals surface area contributed by atoms with E-state index >= 15 is 0 Å². The van der Waals surface area contributed by atoms with E-state index in [1.54, 1.807) is 19.1 Å². The molecule has 0 bridgehead atoms. The van der Waals surface area contributed by atoms with E-state index in [9.17, 15) is 14.0 Å². The number of halogens is 1. The number of hydrogen-bond donors (Lipinski definition) is 3. The van der Waals surface area contributed by atoms with Crippen LogP contribution in [0.1, 0.15) is 24.5 Å². The molecular formula is C24H30FNO5S2. The highest BCUT2D eigenvalue weighted by atomic mass is 32.2. The summed E-state index contributed by atoms with van der Waals surface area (Å²) in [5, 5.41) is 21.0. The molecular weight excluding hydrogens is 465 g/mol. The van der Waals surface area contributed by atoms with Crippen LogP contribution in [0.5, 0.6) is 0 Å². The fourth-order valence-electron chi connectivity index (χ4n) is 3.09. The zero-order valence-corrected chi connectivity index (χ0v) is 20.2. The topological polar surface area (TPSA) is 95.9 Å². The van der Waals surface area contributed by atoms with Crippen LogP contribution in [0.25, 0.3) is 0 Å². The maximum absolute atomic E-state index is 13.2. The molecule has 0 unspecified atom stereocenters. The van der Waals surface area contributed by atoms with Gasteiger partial charge in [0, 0.05) is 34.1 Å². The van der Waals surface area contributed by atoms with E-state index in [4.69, 9.17) is 14.9 Å². The average molecular weight is 496 g/mol.